The summed E-state index contributed by atoms with van der Waals surface area (Å²) in [4.78, 5) is 22.3. The van der Waals surface area contributed by atoms with Crippen LogP contribution < -0.4 is 5.32 Å². The number of aliphatic hydroxyl groups is 2. The number of fused-ring (bicyclic) bond motifs is 2. The largest absolute Gasteiger partial charge is 0.387 e. The summed E-state index contributed by atoms with van der Waals surface area (Å²) in [6.07, 6.45) is -2.87. The van der Waals surface area contributed by atoms with Crippen LogP contribution >= 0.6 is 30.8 Å². The average Bonchev–Trinajstić information content (AvgIpc) is 3.44. The van der Waals surface area contributed by atoms with Gasteiger partial charge in [-0.1, -0.05) is 29.3 Å². The molecule has 0 saturated carbocycles. The van der Waals surface area contributed by atoms with Crippen LogP contribution in [-0.2, 0) is 25.6 Å². The third-order valence-corrected chi connectivity index (χ3v) is 10.6. The Morgan fingerprint density at radius 3 is 2.68 bits per heavy atom. The van der Waals surface area contributed by atoms with Crippen molar-refractivity contribution in [3.63, 3.8) is 0 Å². The molecule has 0 bridgehead atoms. The average molecular weight is 593 g/mol. The van der Waals surface area contributed by atoms with Crippen LogP contribution in [0.5, 0.6) is 0 Å². The van der Waals surface area contributed by atoms with E-state index in [1.54, 1.807) is 6.07 Å². The molecule has 0 spiro atoms. The van der Waals surface area contributed by atoms with Gasteiger partial charge >= 0.3 is 7.60 Å². The molecule has 1 saturated heterocycles. The summed E-state index contributed by atoms with van der Waals surface area (Å²) in [7, 11) is -9.18. The number of halogens is 2. The first-order chi connectivity index (χ1) is 17.3. The van der Waals surface area contributed by atoms with E-state index < -0.39 is 53.2 Å². The van der Waals surface area contributed by atoms with E-state index in [-0.39, 0.29) is 16.8 Å². The van der Waals surface area contributed by atoms with Crippen LogP contribution in [0.3, 0.4) is 0 Å². The molecule has 3 heterocycles. The lowest BCUT2D eigenvalue weighted by Crippen LogP contribution is -2.36. The highest BCUT2D eigenvalue weighted by Crippen LogP contribution is 2.40. The van der Waals surface area contributed by atoms with Crippen molar-refractivity contribution in [3.05, 3.63) is 51.8 Å². The number of aromatic nitrogens is 3. The standard InChI is InChI=1S/C21H23Cl2N4O8PS/c22-11-2-3-12-10(5-11)1-4-14(12)25-15-6-17(23)26-20-13(15)7-24-27(20)21-19(29)18(28)16(35-21)8-37(33,34)9-36(30,31)32/h2-3,5-7,14,16,18-19,21,28-29H,1,4,8-9H2,(H,25,26)(H2,30,31,32)/t14?,16-,18-,19-,21-/m1/s1. The summed E-state index contributed by atoms with van der Waals surface area (Å²) in [5.41, 5.74) is 1.70. The zero-order chi connectivity index (χ0) is 26.7. The monoisotopic (exact) mass is 592 g/mol. The number of hydrogen-bond donors (Lipinski definition) is 5. The van der Waals surface area contributed by atoms with Gasteiger partial charge in [-0.05, 0) is 42.2 Å². The molecule has 1 aliphatic carbocycles. The number of pyridine rings is 1. The number of sulfone groups is 1. The number of nitrogens with zero attached hydrogens (tertiary/aromatic N) is 3. The minimum absolute atomic E-state index is 0.0176. The van der Waals surface area contributed by atoms with Gasteiger partial charge < -0.3 is 30.1 Å². The predicted octanol–water partition coefficient (Wildman–Crippen LogP) is 2.01. The fourth-order valence-corrected chi connectivity index (χ4v) is 8.48. The normalized spacial score (nSPS) is 26.1. The third kappa shape index (κ3) is 5.51. The zero-order valence-electron chi connectivity index (χ0n) is 19.0. The lowest BCUT2D eigenvalue weighted by Gasteiger charge is -2.18. The van der Waals surface area contributed by atoms with Gasteiger partial charge in [-0.25, -0.2) is 18.1 Å². The van der Waals surface area contributed by atoms with E-state index in [0.717, 1.165) is 24.0 Å². The minimum Gasteiger partial charge on any atom is -0.387 e. The summed E-state index contributed by atoms with van der Waals surface area (Å²) < 4.78 is 42.3. The molecule has 200 valence electrons. The number of nitrogens with one attached hydrogen (secondary N) is 1. The van der Waals surface area contributed by atoms with E-state index in [2.05, 4.69) is 15.4 Å². The second-order valence-corrected chi connectivity index (χ2v) is 14.2. The Labute approximate surface area is 221 Å². The van der Waals surface area contributed by atoms with Gasteiger partial charge in [-0.3, -0.25) is 4.57 Å². The molecule has 3 aromatic rings. The number of hydrogen-bond acceptors (Lipinski definition) is 9. The molecule has 1 aromatic carbocycles. The summed E-state index contributed by atoms with van der Waals surface area (Å²) in [6, 6.07) is 7.36. The molecule has 5 N–H and O–H groups in total. The maximum atomic E-state index is 12.2. The number of benzene rings is 1. The molecule has 5 rings (SSSR count). The minimum atomic E-state index is -4.87. The van der Waals surface area contributed by atoms with Gasteiger partial charge in [0, 0.05) is 5.02 Å². The van der Waals surface area contributed by atoms with Crippen LogP contribution in [0.25, 0.3) is 11.0 Å². The van der Waals surface area contributed by atoms with Crippen LogP contribution in [0.2, 0.25) is 10.2 Å². The molecule has 2 aliphatic rings. The van der Waals surface area contributed by atoms with Crippen LogP contribution in [-0.4, -0.2) is 72.7 Å². The first-order valence-corrected chi connectivity index (χ1v) is 15.5. The second-order valence-electron chi connectivity index (χ2n) is 9.15. The van der Waals surface area contributed by atoms with Crippen molar-refractivity contribution in [2.75, 3.05) is 16.6 Å². The highest BCUT2D eigenvalue weighted by Gasteiger charge is 2.47. The van der Waals surface area contributed by atoms with Gasteiger partial charge in [0.1, 0.15) is 23.5 Å². The van der Waals surface area contributed by atoms with E-state index in [9.17, 15) is 23.2 Å². The lowest BCUT2D eigenvalue weighted by atomic mass is 10.1. The molecule has 12 nitrogen and oxygen atoms in total. The number of rotatable bonds is 7. The molecule has 1 aliphatic heterocycles. The predicted molar refractivity (Wildman–Crippen MR) is 135 cm³/mol. The molecule has 0 radical (unpaired) electrons. The van der Waals surface area contributed by atoms with Crippen LogP contribution in [0.15, 0.2) is 30.5 Å². The van der Waals surface area contributed by atoms with Gasteiger partial charge in [0.15, 0.2) is 27.2 Å². The summed E-state index contributed by atoms with van der Waals surface area (Å²) in [5, 5.41) is 30.1. The summed E-state index contributed by atoms with van der Waals surface area (Å²) in [6.45, 7) is 0. The number of aryl methyl sites for hydroxylation is 1. The van der Waals surface area contributed by atoms with Crippen LogP contribution in [0, 0.1) is 0 Å². The maximum Gasteiger partial charge on any atom is 0.340 e. The molecule has 1 unspecified atom stereocenters. The smallest absolute Gasteiger partial charge is 0.340 e. The van der Waals surface area contributed by atoms with E-state index in [0.29, 0.717) is 16.1 Å². The van der Waals surface area contributed by atoms with Crippen molar-refractivity contribution in [3.8, 4) is 0 Å². The second kappa shape index (κ2) is 9.74. The molecule has 2 aromatic heterocycles. The van der Waals surface area contributed by atoms with Crippen molar-refractivity contribution in [1.29, 1.82) is 0 Å². The summed E-state index contributed by atoms with van der Waals surface area (Å²) >= 11 is 12.4. The number of anilines is 1. The third-order valence-electron chi connectivity index (χ3n) is 6.41. The molecular weight excluding hydrogens is 570 g/mol. The van der Waals surface area contributed by atoms with E-state index in [1.165, 1.54) is 10.9 Å². The first kappa shape index (κ1) is 26.8. The van der Waals surface area contributed by atoms with Gasteiger partial charge in [0.2, 0.25) is 0 Å². The van der Waals surface area contributed by atoms with E-state index in [1.807, 2.05) is 18.2 Å². The lowest BCUT2D eigenvalue weighted by molar-refractivity contribution is -0.0364. The fraction of sp³-hybridized carbons (Fsp3) is 0.429. The Hall–Kier alpha value is -1.80. The van der Waals surface area contributed by atoms with E-state index >= 15 is 0 Å². The zero-order valence-corrected chi connectivity index (χ0v) is 22.2. The maximum absolute atomic E-state index is 12.2. The highest BCUT2D eigenvalue weighted by molar-refractivity contribution is 7.97. The molecule has 37 heavy (non-hydrogen) atoms. The Bertz CT molecular complexity index is 1510. The fourth-order valence-electron chi connectivity index (χ4n) is 4.84. The Morgan fingerprint density at radius 2 is 1.95 bits per heavy atom. The van der Waals surface area contributed by atoms with Crippen molar-refractivity contribution < 1.29 is 37.7 Å². The van der Waals surface area contributed by atoms with Gasteiger partial charge in [0.25, 0.3) is 0 Å². The van der Waals surface area contributed by atoms with Crippen molar-refractivity contribution in [2.24, 2.45) is 0 Å². The summed E-state index contributed by atoms with van der Waals surface area (Å²) in [5.74, 6) is -0.905. The quantitative estimate of drug-likeness (QED) is 0.199. The van der Waals surface area contributed by atoms with Crippen molar-refractivity contribution in [1.82, 2.24) is 14.8 Å². The Morgan fingerprint density at radius 1 is 1.19 bits per heavy atom. The van der Waals surface area contributed by atoms with Crippen LogP contribution in [0.1, 0.15) is 29.8 Å². The molecule has 0 amide bonds. The van der Waals surface area contributed by atoms with Crippen molar-refractivity contribution in [2.45, 2.75) is 43.4 Å². The molecule has 5 atom stereocenters. The van der Waals surface area contributed by atoms with Gasteiger partial charge in [0.05, 0.1) is 29.1 Å². The Kier molecular flexibility index (Phi) is 7.06. The van der Waals surface area contributed by atoms with Crippen molar-refractivity contribution >= 4 is 57.4 Å². The van der Waals surface area contributed by atoms with Gasteiger partial charge in [-0.15, -0.1) is 0 Å². The Balaban J connectivity index is 1.42. The van der Waals surface area contributed by atoms with Gasteiger partial charge in [-0.2, -0.15) is 5.10 Å². The van der Waals surface area contributed by atoms with E-state index in [4.69, 9.17) is 37.7 Å². The number of aliphatic hydroxyl groups excluding tert-OH is 2. The first-order valence-electron chi connectivity index (χ1n) is 11.2. The number of ether oxygens (including phenoxy) is 1. The highest BCUT2D eigenvalue weighted by atomic mass is 35.5. The molecular formula is C21H23Cl2N4O8PS. The van der Waals surface area contributed by atoms with Crippen LogP contribution in [0.4, 0.5) is 5.69 Å². The topological polar surface area (TPSA) is 184 Å². The molecule has 1 fully saturated rings. The molecule has 16 heteroatoms. The SMILES string of the molecule is O=P(O)(O)CS(=O)(=O)C[C@H]1O[C@@H](n2ncc3c(NC4CCc5cc(Cl)ccc54)cc(Cl)nc32)[C@H](O)[C@@H]1O.